The molecule has 1 atom stereocenters. The fraction of sp³-hybridized carbons (Fsp3) is 0.571. The number of nitrogens with two attached hydrogens (primary N) is 1. The van der Waals surface area contributed by atoms with Crippen LogP contribution in [0.15, 0.2) is 18.5 Å². The van der Waals surface area contributed by atoms with Gasteiger partial charge in [0.25, 0.3) is 0 Å². The zero-order chi connectivity index (χ0) is 14.8. The van der Waals surface area contributed by atoms with Crippen LogP contribution in [0.5, 0.6) is 0 Å². The normalized spacial score (nSPS) is 18.9. The first-order valence-corrected chi connectivity index (χ1v) is 6.79. The maximum atomic E-state index is 11.7. The van der Waals surface area contributed by atoms with Gasteiger partial charge in [-0.3, -0.25) is 4.98 Å². The number of anilines is 2. The second-order valence-electron chi connectivity index (χ2n) is 6.01. The van der Waals surface area contributed by atoms with Crippen molar-refractivity contribution >= 4 is 17.5 Å². The summed E-state index contributed by atoms with van der Waals surface area (Å²) in [6.45, 7) is 7.14. The van der Waals surface area contributed by atoms with Gasteiger partial charge in [0, 0.05) is 19.3 Å². The van der Waals surface area contributed by atoms with Gasteiger partial charge in [0.2, 0.25) is 0 Å². The second-order valence-corrected chi connectivity index (χ2v) is 6.01. The number of pyridine rings is 1. The van der Waals surface area contributed by atoms with Crippen molar-refractivity contribution < 1.29 is 9.53 Å². The van der Waals surface area contributed by atoms with Crippen molar-refractivity contribution in [2.45, 2.75) is 38.8 Å². The molecule has 1 aromatic heterocycles. The SMILES string of the molecule is CC(C)(C)OC(=O)NC1CCN(c2ccncc2N)C1. The number of amides is 1. The Bertz CT molecular complexity index is 484. The predicted molar refractivity (Wildman–Crippen MR) is 78.6 cm³/mol. The summed E-state index contributed by atoms with van der Waals surface area (Å²) in [7, 11) is 0. The minimum atomic E-state index is -0.474. The van der Waals surface area contributed by atoms with Gasteiger partial charge in [-0.25, -0.2) is 4.79 Å². The molecule has 0 radical (unpaired) electrons. The zero-order valence-corrected chi connectivity index (χ0v) is 12.2. The lowest BCUT2D eigenvalue weighted by Crippen LogP contribution is -2.40. The van der Waals surface area contributed by atoms with E-state index in [2.05, 4.69) is 15.2 Å². The van der Waals surface area contributed by atoms with Crippen LogP contribution in [-0.2, 0) is 4.74 Å². The first kappa shape index (κ1) is 14.4. The fourth-order valence-electron chi connectivity index (χ4n) is 2.26. The molecule has 1 aliphatic heterocycles. The van der Waals surface area contributed by atoms with Crippen LogP contribution >= 0.6 is 0 Å². The van der Waals surface area contributed by atoms with Crippen molar-refractivity contribution in [1.82, 2.24) is 10.3 Å². The third-order valence-corrected chi connectivity index (χ3v) is 3.08. The molecule has 0 aromatic carbocycles. The van der Waals surface area contributed by atoms with Crippen LogP contribution in [0.1, 0.15) is 27.2 Å². The van der Waals surface area contributed by atoms with E-state index in [4.69, 9.17) is 10.5 Å². The molecule has 0 spiro atoms. The van der Waals surface area contributed by atoms with Crippen LogP contribution in [0, 0.1) is 0 Å². The summed E-state index contributed by atoms with van der Waals surface area (Å²) in [6, 6.07) is 1.97. The van der Waals surface area contributed by atoms with Crippen molar-refractivity contribution in [1.29, 1.82) is 0 Å². The van der Waals surface area contributed by atoms with Crippen molar-refractivity contribution in [2.24, 2.45) is 0 Å². The average molecular weight is 278 g/mol. The highest BCUT2D eigenvalue weighted by atomic mass is 16.6. The smallest absolute Gasteiger partial charge is 0.407 e. The first-order chi connectivity index (χ1) is 9.35. The lowest BCUT2D eigenvalue weighted by molar-refractivity contribution is 0.0509. The Labute approximate surface area is 119 Å². The van der Waals surface area contributed by atoms with E-state index >= 15 is 0 Å². The molecule has 0 bridgehead atoms. The van der Waals surface area contributed by atoms with Crippen molar-refractivity contribution in [3.05, 3.63) is 18.5 Å². The number of alkyl carbamates (subject to hydrolysis) is 1. The van der Waals surface area contributed by atoms with Gasteiger partial charge in [0.05, 0.1) is 23.6 Å². The highest BCUT2D eigenvalue weighted by Gasteiger charge is 2.27. The van der Waals surface area contributed by atoms with Gasteiger partial charge >= 0.3 is 6.09 Å². The Hall–Kier alpha value is -1.98. The number of hydrogen-bond acceptors (Lipinski definition) is 5. The summed E-state index contributed by atoms with van der Waals surface area (Å²) >= 11 is 0. The minimum Gasteiger partial charge on any atom is -0.444 e. The molecule has 0 aliphatic carbocycles. The second kappa shape index (κ2) is 5.56. The third kappa shape index (κ3) is 3.76. The van der Waals surface area contributed by atoms with Crippen molar-refractivity contribution in [2.75, 3.05) is 23.7 Å². The lowest BCUT2D eigenvalue weighted by atomic mass is 10.2. The molecular weight excluding hydrogens is 256 g/mol. The summed E-state index contributed by atoms with van der Waals surface area (Å²) in [4.78, 5) is 17.9. The van der Waals surface area contributed by atoms with Gasteiger partial charge in [-0.2, -0.15) is 0 Å². The van der Waals surface area contributed by atoms with E-state index in [9.17, 15) is 4.79 Å². The number of nitrogens with one attached hydrogen (secondary N) is 1. The van der Waals surface area contributed by atoms with Crippen LogP contribution in [0.25, 0.3) is 0 Å². The van der Waals surface area contributed by atoms with Crippen molar-refractivity contribution in [3.8, 4) is 0 Å². The molecule has 3 N–H and O–H groups in total. The molecule has 20 heavy (non-hydrogen) atoms. The van der Waals surface area contributed by atoms with E-state index < -0.39 is 5.60 Å². The van der Waals surface area contributed by atoms with Crippen LogP contribution < -0.4 is 16.0 Å². The highest BCUT2D eigenvalue weighted by molar-refractivity contribution is 5.69. The Balaban J connectivity index is 1.90. The van der Waals surface area contributed by atoms with Gasteiger partial charge in [0.1, 0.15) is 5.60 Å². The van der Waals surface area contributed by atoms with Gasteiger partial charge in [-0.15, -0.1) is 0 Å². The van der Waals surface area contributed by atoms with E-state index in [-0.39, 0.29) is 12.1 Å². The zero-order valence-electron chi connectivity index (χ0n) is 12.2. The van der Waals surface area contributed by atoms with E-state index in [0.717, 1.165) is 25.2 Å². The Morgan fingerprint density at radius 3 is 2.95 bits per heavy atom. The number of aromatic nitrogens is 1. The van der Waals surface area contributed by atoms with Crippen LogP contribution in [0.3, 0.4) is 0 Å². The third-order valence-electron chi connectivity index (χ3n) is 3.08. The largest absolute Gasteiger partial charge is 0.444 e. The number of nitrogens with zero attached hydrogens (tertiary/aromatic N) is 2. The molecule has 110 valence electrons. The Morgan fingerprint density at radius 2 is 2.30 bits per heavy atom. The topological polar surface area (TPSA) is 80.5 Å². The molecule has 1 saturated heterocycles. The van der Waals surface area contributed by atoms with E-state index in [1.807, 2.05) is 26.8 Å². The van der Waals surface area contributed by atoms with Gasteiger partial charge < -0.3 is 20.7 Å². The molecule has 6 heteroatoms. The van der Waals surface area contributed by atoms with Gasteiger partial charge in [0.15, 0.2) is 0 Å². The van der Waals surface area contributed by atoms with E-state index in [1.54, 1.807) is 12.4 Å². The highest BCUT2D eigenvalue weighted by Crippen LogP contribution is 2.25. The minimum absolute atomic E-state index is 0.0809. The molecule has 2 rings (SSSR count). The Morgan fingerprint density at radius 1 is 1.55 bits per heavy atom. The summed E-state index contributed by atoms with van der Waals surface area (Å²) < 4.78 is 5.26. The Kier molecular flexibility index (Phi) is 4.01. The molecule has 1 amide bonds. The maximum absolute atomic E-state index is 11.7. The quantitative estimate of drug-likeness (QED) is 0.861. The number of hydrogen-bond donors (Lipinski definition) is 2. The molecule has 1 aromatic rings. The fourth-order valence-corrected chi connectivity index (χ4v) is 2.26. The molecule has 2 heterocycles. The molecule has 0 saturated carbocycles. The molecule has 1 aliphatic rings. The standard InChI is InChI=1S/C14H22N4O2/c1-14(2,3)20-13(19)17-10-5-7-18(9-10)12-4-6-16-8-11(12)15/h4,6,8,10H,5,7,9,15H2,1-3H3,(H,17,19). The number of rotatable bonds is 2. The van der Waals surface area contributed by atoms with Crippen molar-refractivity contribution in [3.63, 3.8) is 0 Å². The number of nitrogen functional groups attached to an aromatic ring is 1. The van der Waals surface area contributed by atoms with E-state index in [0.29, 0.717) is 5.69 Å². The predicted octanol–water partition coefficient (Wildman–Crippen LogP) is 1.77. The van der Waals surface area contributed by atoms with Crippen LogP contribution in [0.2, 0.25) is 0 Å². The summed E-state index contributed by atoms with van der Waals surface area (Å²) in [5, 5.41) is 2.90. The van der Waals surface area contributed by atoms with Gasteiger partial charge in [-0.1, -0.05) is 0 Å². The number of carbonyl (C=O) groups excluding carboxylic acids is 1. The first-order valence-electron chi connectivity index (χ1n) is 6.79. The molecule has 1 fully saturated rings. The molecule has 1 unspecified atom stereocenters. The summed E-state index contributed by atoms with van der Waals surface area (Å²) in [6.07, 6.45) is 3.87. The molecule has 6 nitrogen and oxygen atoms in total. The molecular formula is C14H22N4O2. The lowest BCUT2D eigenvalue weighted by Gasteiger charge is -2.23. The summed E-state index contributed by atoms with van der Waals surface area (Å²) in [5.41, 5.74) is 7.06. The summed E-state index contributed by atoms with van der Waals surface area (Å²) in [5.74, 6) is 0. The van der Waals surface area contributed by atoms with Crippen LogP contribution in [-0.4, -0.2) is 35.8 Å². The number of ether oxygens (including phenoxy) is 1. The maximum Gasteiger partial charge on any atom is 0.407 e. The van der Waals surface area contributed by atoms with Crippen LogP contribution in [0.4, 0.5) is 16.2 Å². The van der Waals surface area contributed by atoms with E-state index in [1.165, 1.54) is 0 Å². The number of carbonyl (C=O) groups is 1. The van der Waals surface area contributed by atoms with Gasteiger partial charge in [-0.05, 0) is 33.3 Å². The monoisotopic (exact) mass is 278 g/mol. The average Bonchev–Trinajstić information content (AvgIpc) is 2.75.